The van der Waals surface area contributed by atoms with Gasteiger partial charge >= 0.3 is 0 Å². The summed E-state index contributed by atoms with van der Waals surface area (Å²) in [6.07, 6.45) is 2.66. The van der Waals surface area contributed by atoms with E-state index in [-0.39, 0.29) is 24.4 Å². The standard InChI is InChI=1S/C15H20N2O3S/c1-11-4-3-5-12(10-11)13-16-15(6-7-15)14(18)17(13)8-9-21(2,19)20/h3-5,10,13,16H,6-9H2,1-2H3. The summed E-state index contributed by atoms with van der Waals surface area (Å²) in [5.41, 5.74) is 1.70. The van der Waals surface area contributed by atoms with Crippen LogP contribution in [0, 0.1) is 6.92 Å². The fourth-order valence-electron chi connectivity index (χ4n) is 2.88. The molecule has 21 heavy (non-hydrogen) atoms. The van der Waals surface area contributed by atoms with Gasteiger partial charge in [-0.1, -0.05) is 29.8 Å². The molecule has 1 saturated carbocycles. The zero-order valence-electron chi connectivity index (χ0n) is 12.3. The van der Waals surface area contributed by atoms with E-state index in [1.165, 1.54) is 6.26 Å². The van der Waals surface area contributed by atoms with Crippen molar-refractivity contribution in [1.82, 2.24) is 10.2 Å². The summed E-state index contributed by atoms with van der Waals surface area (Å²) in [5.74, 6) is 0.0383. The van der Waals surface area contributed by atoms with Gasteiger partial charge in [0.05, 0.1) is 5.75 Å². The molecule has 0 bridgehead atoms. The third-order valence-corrected chi connectivity index (χ3v) is 5.13. The molecule has 1 atom stereocenters. The maximum absolute atomic E-state index is 12.5. The van der Waals surface area contributed by atoms with Gasteiger partial charge in [0.25, 0.3) is 0 Å². The number of nitrogens with zero attached hydrogens (tertiary/aromatic N) is 1. The summed E-state index contributed by atoms with van der Waals surface area (Å²) >= 11 is 0. The molecule has 2 aliphatic rings. The Labute approximate surface area is 125 Å². The minimum atomic E-state index is -3.09. The number of nitrogens with one attached hydrogen (secondary N) is 1. The minimum absolute atomic E-state index is 0.00117. The molecular formula is C15H20N2O3S. The molecule has 0 radical (unpaired) electrons. The van der Waals surface area contributed by atoms with Gasteiger partial charge in [-0.25, -0.2) is 8.42 Å². The average Bonchev–Trinajstić information content (AvgIpc) is 3.11. The van der Waals surface area contributed by atoms with E-state index in [0.717, 1.165) is 24.0 Å². The smallest absolute Gasteiger partial charge is 0.244 e. The third-order valence-electron chi connectivity index (χ3n) is 4.21. The van der Waals surface area contributed by atoms with E-state index in [4.69, 9.17) is 0 Å². The van der Waals surface area contributed by atoms with Crippen LogP contribution in [-0.4, -0.2) is 43.3 Å². The maximum atomic E-state index is 12.5. The molecular weight excluding hydrogens is 288 g/mol. The average molecular weight is 308 g/mol. The van der Waals surface area contributed by atoms with E-state index in [9.17, 15) is 13.2 Å². The number of carbonyl (C=O) groups excluding carboxylic acids is 1. The molecule has 1 saturated heterocycles. The molecule has 1 amide bonds. The molecule has 1 unspecified atom stereocenters. The number of hydrogen-bond donors (Lipinski definition) is 1. The van der Waals surface area contributed by atoms with Gasteiger partial charge in [0.1, 0.15) is 21.5 Å². The number of aryl methyl sites for hydroxylation is 1. The Morgan fingerprint density at radius 2 is 2.10 bits per heavy atom. The van der Waals surface area contributed by atoms with Gasteiger partial charge in [0.2, 0.25) is 5.91 Å². The van der Waals surface area contributed by atoms with Crippen molar-refractivity contribution in [2.45, 2.75) is 31.5 Å². The maximum Gasteiger partial charge on any atom is 0.244 e. The third kappa shape index (κ3) is 2.82. The summed E-state index contributed by atoms with van der Waals surface area (Å²) in [4.78, 5) is 14.2. The molecule has 1 aromatic carbocycles. The Hall–Kier alpha value is -1.40. The molecule has 1 aliphatic carbocycles. The second-order valence-corrected chi connectivity index (χ2v) is 8.43. The van der Waals surface area contributed by atoms with Crippen molar-refractivity contribution in [3.05, 3.63) is 35.4 Å². The molecule has 2 fully saturated rings. The van der Waals surface area contributed by atoms with Gasteiger partial charge in [0, 0.05) is 12.8 Å². The molecule has 114 valence electrons. The van der Waals surface area contributed by atoms with Gasteiger partial charge < -0.3 is 4.90 Å². The zero-order valence-corrected chi connectivity index (χ0v) is 13.1. The van der Waals surface area contributed by atoms with Crippen molar-refractivity contribution in [3.8, 4) is 0 Å². The van der Waals surface area contributed by atoms with Gasteiger partial charge in [-0.2, -0.15) is 0 Å². The number of sulfone groups is 1. The Bertz CT molecular complexity index is 680. The van der Waals surface area contributed by atoms with E-state index >= 15 is 0 Å². The van der Waals surface area contributed by atoms with E-state index in [0.29, 0.717) is 0 Å². The first-order chi connectivity index (χ1) is 9.81. The Morgan fingerprint density at radius 1 is 1.38 bits per heavy atom. The van der Waals surface area contributed by atoms with Crippen LogP contribution in [0.2, 0.25) is 0 Å². The molecule has 3 rings (SSSR count). The molecule has 1 aromatic rings. The fraction of sp³-hybridized carbons (Fsp3) is 0.533. The number of carbonyl (C=O) groups is 1. The lowest BCUT2D eigenvalue weighted by molar-refractivity contribution is -0.130. The summed E-state index contributed by atoms with van der Waals surface area (Å²) < 4.78 is 22.8. The highest BCUT2D eigenvalue weighted by molar-refractivity contribution is 7.90. The summed E-state index contributed by atoms with van der Waals surface area (Å²) in [6.45, 7) is 2.25. The van der Waals surface area contributed by atoms with Gasteiger partial charge in [-0.3, -0.25) is 10.1 Å². The Balaban J connectivity index is 1.88. The largest absolute Gasteiger partial charge is 0.320 e. The first-order valence-electron chi connectivity index (χ1n) is 7.14. The minimum Gasteiger partial charge on any atom is -0.320 e. The Morgan fingerprint density at radius 3 is 2.67 bits per heavy atom. The van der Waals surface area contributed by atoms with Crippen molar-refractivity contribution in [2.24, 2.45) is 0 Å². The van der Waals surface area contributed by atoms with Gasteiger partial charge in [-0.05, 0) is 25.3 Å². The van der Waals surface area contributed by atoms with Crippen LogP contribution < -0.4 is 5.32 Å². The monoisotopic (exact) mass is 308 g/mol. The summed E-state index contributed by atoms with van der Waals surface area (Å²) in [7, 11) is -3.09. The van der Waals surface area contributed by atoms with Crippen LogP contribution in [0.5, 0.6) is 0 Å². The molecule has 1 heterocycles. The first-order valence-corrected chi connectivity index (χ1v) is 9.20. The van der Waals surface area contributed by atoms with E-state index in [1.54, 1.807) is 4.90 Å². The predicted octanol–water partition coefficient (Wildman–Crippen LogP) is 1.00. The second-order valence-electron chi connectivity index (χ2n) is 6.17. The van der Waals surface area contributed by atoms with Gasteiger partial charge in [-0.15, -0.1) is 0 Å². The fourth-order valence-corrected chi connectivity index (χ4v) is 3.40. The van der Waals surface area contributed by atoms with Crippen LogP contribution in [0.15, 0.2) is 24.3 Å². The van der Waals surface area contributed by atoms with Crippen molar-refractivity contribution in [2.75, 3.05) is 18.6 Å². The molecule has 1 N–H and O–H groups in total. The molecule has 1 spiro atoms. The van der Waals surface area contributed by atoms with Crippen LogP contribution in [-0.2, 0) is 14.6 Å². The molecule has 5 nitrogen and oxygen atoms in total. The summed E-state index contributed by atoms with van der Waals surface area (Å²) in [5, 5.41) is 3.40. The second kappa shape index (κ2) is 4.81. The number of amides is 1. The molecule has 6 heteroatoms. The lowest BCUT2D eigenvalue weighted by atomic mass is 10.1. The summed E-state index contributed by atoms with van der Waals surface area (Å²) in [6, 6.07) is 7.99. The van der Waals surface area contributed by atoms with Crippen molar-refractivity contribution in [3.63, 3.8) is 0 Å². The van der Waals surface area contributed by atoms with Crippen LogP contribution >= 0.6 is 0 Å². The lowest BCUT2D eigenvalue weighted by Crippen LogP contribution is -2.35. The van der Waals surface area contributed by atoms with E-state index in [2.05, 4.69) is 5.32 Å². The van der Waals surface area contributed by atoms with Crippen LogP contribution in [0.1, 0.15) is 30.1 Å². The van der Waals surface area contributed by atoms with Crippen molar-refractivity contribution in [1.29, 1.82) is 0 Å². The number of benzene rings is 1. The SMILES string of the molecule is Cc1cccc(C2NC3(CC3)C(=O)N2CCS(C)(=O)=O)c1. The normalized spacial score (nSPS) is 23.8. The van der Waals surface area contributed by atoms with Crippen LogP contribution in [0.25, 0.3) is 0 Å². The highest BCUT2D eigenvalue weighted by Crippen LogP contribution is 2.45. The highest BCUT2D eigenvalue weighted by atomic mass is 32.2. The van der Waals surface area contributed by atoms with Crippen molar-refractivity contribution < 1.29 is 13.2 Å². The quantitative estimate of drug-likeness (QED) is 0.901. The predicted molar refractivity (Wildman–Crippen MR) is 80.4 cm³/mol. The van der Waals surface area contributed by atoms with Crippen LogP contribution in [0.3, 0.4) is 0 Å². The van der Waals surface area contributed by atoms with Crippen LogP contribution in [0.4, 0.5) is 0 Å². The number of hydrogen-bond acceptors (Lipinski definition) is 4. The zero-order chi connectivity index (χ0) is 15.3. The van der Waals surface area contributed by atoms with E-state index < -0.39 is 15.4 Å². The van der Waals surface area contributed by atoms with E-state index in [1.807, 2.05) is 31.2 Å². The Kier molecular flexibility index (Phi) is 3.33. The molecule has 0 aromatic heterocycles. The highest BCUT2D eigenvalue weighted by Gasteiger charge is 2.59. The topological polar surface area (TPSA) is 66.5 Å². The van der Waals surface area contributed by atoms with Crippen molar-refractivity contribution >= 4 is 15.7 Å². The molecule has 1 aliphatic heterocycles. The van der Waals surface area contributed by atoms with Gasteiger partial charge in [0.15, 0.2) is 0 Å². The first kappa shape index (κ1) is 14.5. The lowest BCUT2D eigenvalue weighted by Gasteiger charge is -2.24. The number of rotatable bonds is 4.